The van der Waals surface area contributed by atoms with E-state index in [2.05, 4.69) is 5.32 Å². The van der Waals surface area contributed by atoms with Crippen molar-refractivity contribution in [3.8, 4) is 5.75 Å². The molecule has 0 aliphatic carbocycles. The van der Waals surface area contributed by atoms with Gasteiger partial charge in [-0.1, -0.05) is 6.92 Å². The molecule has 0 spiro atoms. The highest BCUT2D eigenvalue weighted by Crippen LogP contribution is 2.30. The summed E-state index contributed by atoms with van der Waals surface area (Å²) in [6, 6.07) is 7.80. The van der Waals surface area contributed by atoms with Gasteiger partial charge in [-0.3, -0.25) is 9.10 Å². The number of hydrogen-bond acceptors (Lipinski definition) is 5. The molecule has 0 fully saturated rings. The van der Waals surface area contributed by atoms with Crippen LogP contribution in [-0.2, 0) is 10.0 Å². The number of carbonyl (C=O) groups excluding carboxylic acids is 1. The van der Waals surface area contributed by atoms with Crippen molar-refractivity contribution in [3.05, 3.63) is 40.6 Å². The number of hydrogen-bond donors (Lipinski definition) is 1. The Morgan fingerprint density at radius 1 is 1.28 bits per heavy atom. The van der Waals surface area contributed by atoms with E-state index in [-0.39, 0.29) is 16.8 Å². The Morgan fingerprint density at radius 2 is 1.92 bits per heavy atom. The normalized spacial score (nSPS) is 12.5. The number of rotatable bonds is 7. The molecule has 1 amide bonds. The lowest BCUT2D eigenvalue weighted by Crippen LogP contribution is -2.33. The number of amides is 1. The average molecular weight is 383 g/mol. The fraction of sp³-hybridized carbons (Fsp3) is 0.353. The largest absolute Gasteiger partial charge is 0.497 e. The predicted octanol–water partition coefficient (Wildman–Crippen LogP) is 3.11. The zero-order chi connectivity index (χ0) is 18.6. The Kier molecular flexibility index (Phi) is 6.07. The molecule has 25 heavy (non-hydrogen) atoms. The molecular weight excluding hydrogens is 360 g/mol. The maximum absolute atomic E-state index is 12.8. The highest BCUT2D eigenvalue weighted by molar-refractivity contribution is 7.92. The Hall–Kier alpha value is -2.06. The van der Waals surface area contributed by atoms with Gasteiger partial charge in [-0.25, -0.2) is 8.42 Å². The van der Waals surface area contributed by atoms with Crippen molar-refractivity contribution >= 4 is 33.0 Å². The number of methoxy groups -OCH3 is 1. The van der Waals surface area contributed by atoms with Crippen LogP contribution >= 0.6 is 11.3 Å². The minimum Gasteiger partial charge on any atom is -0.497 e. The van der Waals surface area contributed by atoms with Crippen molar-refractivity contribution in [1.82, 2.24) is 5.32 Å². The standard InChI is InChI=1S/C17H22N2O4S2/c1-5-12(2)18-17(20)16-15(10-11-24-16)19(3)25(21,22)14-8-6-13(23-4)7-9-14/h6-12H,5H2,1-4H3,(H,18,20). The molecule has 0 aliphatic heterocycles. The molecule has 2 rings (SSSR count). The first kappa shape index (κ1) is 19.3. The quantitative estimate of drug-likeness (QED) is 0.798. The molecule has 1 aromatic heterocycles. The fourth-order valence-corrected chi connectivity index (χ4v) is 4.24. The van der Waals surface area contributed by atoms with Gasteiger partial charge in [0.15, 0.2) is 0 Å². The summed E-state index contributed by atoms with van der Waals surface area (Å²) in [7, 11) is -0.809. The van der Waals surface area contributed by atoms with Crippen molar-refractivity contribution in [2.45, 2.75) is 31.2 Å². The Bertz CT molecular complexity index is 829. The molecule has 0 radical (unpaired) electrons. The Labute approximate surface area is 152 Å². The molecule has 0 bridgehead atoms. The highest BCUT2D eigenvalue weighted by Gasteiger charge is 2.26. The van der Waals surface area contributed by atoms with E-state index < -0.39 is 10.0 Å². The molecule has 8 heteroatoms. The molecular formula is C17H22N2O4S2. The van der Waals surface area contributed by atoms with Crippen molar-refractivity contribution in [2.24, 2.45) is 0 Å². The van der Waals surface area contributed by atoms with Crippen LogP contribution in [-0.4, -0.2) is 34.5 Å². The summed E-state index contributed by atoms with van der Waals surface area (Å²) in [5, 5.41) is 4.58. The summed E-state index contributed by atoms with van der Waals surface area (Å²) < 4.78 is 31.9. The predicted molar refractivity (Wildman–Crippen MR) is 100 cm³/mol. The number of nitrogens with one attached hydrogen (secondary N) is 1. The van der Waals surface area contributed by atoms with E-state index in [4.69, 9.17) is 4.74 Å². The first-order valence-electron chi connectivity index (χ1n) is 7.82. The zero-order valence-corrected chi connectivity index (χ0v) is 16.3. The monoisotopic (exact) mass is 382 g/mol. The molecule has 1 atom stereocenters. The summed E-state index contributed by atoms with van der Waals surface area (Å²) in [5.41, 5.74) is 0.363. The molecule has 136 valence electrons. The average Bonchev–Trinajstić information content (AvgIpc) is 3.10. The van der Waals surface area contributed by atoms with Gasteiger partial charge in [0.2, 0.25) is 0 Å². The van der Waals surface area contributed by atoms with Gasteiger partial charge in [0.1, 0.15) is 10.6 Å². The number of thiophene rings is 1. The van der Waals surface area contributed by atoms with Gasteiger partial charge in [-0.05, 0) is 49.1 Å². The summed E-state index contributed by atoms with van der Waals surface area (Å²) in [6.07, 6.45) is 0.798. The highest BCUT2D eigenvalue weighted by atomic mass is 32.2. The summed E-state index contributed by atoms with van der Waals surface area (Å²) in [6.45, 7) is 3.88. The fourth-order valence-electron chi connectivity index (χ4n) is 2.15. The van der Waals surface area contributed by atoms with Gasteiger partial charge in [-0.2, -0.15) is 0 Å². The number of ether oxygens (including phenoxy) is 1. The first-order chi connectivity index (χ1) is 11.8. The van der Waals surface area contributed by atoms with Crippen LogP contribution in [0.1, 0.15) is 29.9 Å². The maximum atomic E-state index is 12.8. The first-order valence-corrected chi connectivity index (χ1v) is 10.1. The third kappa shape index (κ3) is 4.13. The third-order valence-corrected chi connectivity index (χ3v) is 6.59. The topological polar surface area (TPSA) is 75.7 Å². The number of sulfonamides is 1. The van der Waals surface area contributed by atoms with Gasteiger partial charge in [0.05, 0.1) is 17.7 Å². The summed E-state index contributed by atoms with van der Waals surface area (Å²) in [4.78, 5) is 12.9. The van der Waals surface area contributed by atoms with E-state index in [0.717, 1.165) is 10.7 Å². The zero-order valence-electron chi connectivity index (χ0n) is 14.6. The van der Waals surface area contributed by atoms with E-state index in [9.17, 15) is 13.2 Å². The minimum atomic E-state index is -3.77. The molecule has 1 N–H and O–H groups in total. The van der Waals surface area contributed by atoms with Crippen LogP contribution in [0, 0.1) is 0 Å². The molecule has 1 aromatic carbocycles. The van der Waals surface area contributed by atoms with Gasteiger partial charge in [0, 0.05) is 13.1 Å². The van der Waals surface area contributed by atoms with Crippen molar-refractivity contribution in [1.29, 1.82) is 0 Å². The second kappa shape index (κ2) is 7.88. The Balaban J connectivity index is 2.32. The molecule has 1 heterocycles. The minimum absolute atomic E-state index is 0.0194. The van der Waals surface area contributed by atoms with E-state index in [0.29, 0.717) is 16.3 Å². The molecule has 1 unspecified atom stereocenters. The van der Waals surface area contributed by atoms with E-state index in [1.54, 1.807) is 23.6 Å². The maximum Gasteiger partial charge on any atom is 0.264 e. The van der Waals surface area contributed by atoms with Crippen LogP contribution in [0.2, 0.25) is 0 Å². The van der Waals surface area contributed by atoms with Crippen LogP contribution in [0.3, 0.4) is 0 Å². The lowest BCUT2D eigenvalue weighted by molar-refractivity contribution is 0.0944. The number of benzene rings is 1. The lowest BCUT2D eigenvalue weighted by atomic mass is 10.2. The van der Waals surface area contributed by atoms with Gasteiger partial charge >= 0.3 is 0 Å². The second-order valence-corrected chi connectivity index (χ2v) is 8.45. The van der Waals surface area contributed by atoms with Crippen LogP contribution in [0.4, 0.5) is 5.69 Å². The summed E-state index contributed by atoms with van der Waals surface area (Å²) in [5.74, 6) is 0.307. The molecule has 0 saturated carbocycles. The van der Waals surface area contributed by atoms with Crippen LogP contribution < -0.4 is 14.4 Å². The third-order valence-electron chi connectivity index (χ3n) is 3.90. The smallest absolute Gasteiger partial charge is 0.264 e. The second-order valence-electron chi connectivity index (χ2n) is 5.57. The molecule has 0 saturated heterocycles. The molecule has 6 nitrogen and oxygen atoms in total. The SMILES string of the molecule is CCC(C)NC(=O)c1sccc1N(C)S(=O)(=O)c1ccc(OC)cc1. The lowest BCUT2D eigenvalue weighted by Gasteiger charge is -2.20. The number of carbonyl (C=O) groups is 1. The van der Waals surface area contributed by atoms with Crippen molar-refractivity contribution < 1.29 is 17.9 Å². The van der Waals surface area contributed by atoms with E-state index in [1.807, 2.05) is 13.8 Å². The Morgan fingerprint density at radius 3 is 2.48 bits per heavy atom. The van der Waals surface area contributed by atoms with Crippen molar-refractivity contribution in [2.75, 3.05) is 18.5 Å². The van der Waals surface area contributed by atoms with Crippen molar-refractivity contribution in [3.63, 3.8) is 0 Å². The van der Waals surface area contributed by atoms with Crippen LogP contribution in [0.25, 0.3) is 0 Å². The van der Waals surface area contributed by atoms with Gasteiger partial charge in [0.25, 0.3) is 15.9 Å². The van der Waals surface area contributed by atoms with Crippen LogP contribution in [0.5, 0.6) is 5.75 Å². The number of anilines is 1. The molecule has 0 aliphatic rings. The van der Waals surface area contributed by atoms with Gasteiger partial charge < -0.3 is 10.1 Å². The number of nitrogens with zero attached hydrogens (tertiary/aromatic N) is 1. The molecule has 2 aromatic rings. The van der Waals surface area contributed by atoms with Crippen LogP contribution in [0.15, 0.2) is 40.6 Å². The summed E-state index contributed by atoms with van der Waals surface area (Å²) >= 11 is 1.22. The van der Waals surface area contributed by atoms with Gasteiger partial charge in [-0.15, -0.1) is 11.3 Å². The van der Waals surface area contributed by atoms with E-state index >= 15 is 0 Å². The van der Waals surface area contributed by atoms with E-state index in [1.165, 1.54) is 37.6 Å².